The van der Waals surface area contributed by atoms with E-state index in [0.717, 1.165) is 11.1 Å². The second kappa shape index (κ2) is 5.29. The minimum Gasteiger partial charge on any atom is -0.295 e. The normalized spacial score (nSPS) is 19.3. The number of rotatable bonds is 3. The second-order valence-corrected chi connectivity index (χ2v) is 7.50. The lowest BCUT2D eigenvalue weighted by molar-refractivity contribution is -0.112. The molecule has 1 heteroatoms. The van der Waals surface area contributed by atoms with E-state index in [1.165, 1.54) is 24.0 Å². The van der Waals surface area contributed by atoms with Crippen molar-refractivity contribution in [1.82, 2.24) is 0 Å². The van der Waals surface area contributed by atoms with Gasteiger partial charge >= 0.3 is 0 Å². The molecule has 1 aromatic rings. The van der Waals surface area contributed by atoms with Crippen molar-refractivity contribution in [2.75, 3.05) is 0 Å². The number of ketones is 1. The fourth-order valence-corrected chi connectivity index (χ4v) is 3.10. The number of allylic oxidation sites excluding steroid dienone is 3. The number of hydrogen-bond acceptors (Lipinski definition) is 1. The number of carbonyl (C=O) groups is 1. The Morgan fingerprint density at radius 3 is 2.19 bits per heavy atom. The molecular weight excluding hydrogens is 256 g/mol. The van der Waals surface area contributed by atoms with Crippen LogP contribution in [0.5, 0.6) is 0 Å². The van der Waals surface area contributed by atoms with Gasteiger partial charge in [-0.3, -0.25) is 4.79 Å². The van der Waals surface area contributed by atoms with Gasteiger partial charge in [0.1, 0.15) is 0 Å². The fraction of sp³-hybridized carbons (Fsp3) is 0.450. The Hall–Kier alpha value is -1.63. The Bertz CT molecular complexity index is 615. The molecule has 0 aliphatic heterocycles. The van der Waals surface area contributed by atoms with Gasteiger partial charge < -0.3 is 0 Å². The van der Waals surface area contributed by atoms with Crippen LogP contribution in [-0.2, 0) is 15.6 Å². The molecule has 0 bridgehead atoms. The highest BCUT2D eigenvalue weighted by molar-refractivity contribution is 5.90. The molecule has 1 nitrogen and oxygen atoms in total. The first-order valence-electron chi connectivity index (χ1n) is 7.66. The van der Waals surface area contributed by atoms with Crippen LogP contribution in [0.15, 0.2) is 36.9 Å². The summed E-state index contributed by atoms with van der Waals surface area (Å²) in [4.78, 5) is 11.1. The van der Waals surface area contributed by atoms with E-state index >= 15 is 0 Å². The van der Waals surface area contributed by atoms with Gasteiger partial charge in [0.2, 0.25) is 0 Å². The molecule has 0 radical (unpaired) electrons. The molecule has 0 fully saturated rings. The van der Waals surface area contributed by atoms with Gasteiger partial charge in [0.15, 0.2) is 5.78 Å². The van der Waals surface area contributed by atoms with Crippen molar-refractivity contribution in [3.05, 3.63) is 53.6 Å². The van der Waals surface area contributed by atoms with Crippen molar-refractivity contribution in [3.8, 4) is 0 Å². The lowest BCUT2D eigenvalue weighted by atomic mass is 9.63. The zero-order valence-corrected chi connectivity index (χ0v) is 13.9. The maximum Gasteiger partial charge on any atom is 0.152 e. The summed E-state index contributed by atoms with van der Waals surface area (Å²) in [5.74, 6) is 0.0515. The predicted molar refractivity (Wildman–Crippen MR) is 90.6 cm³/mol. The van der Waals surface area contributed by atoms with E-state index < -0.39 is 0 Å². The van der Waals surface area contributed by atoms with Crippen LogP contribution in [0.2, 0.25) is 0 Å². The summed E-state index contributed by atoms with van der Waals surface area (Å²) in [6, 6.07) is 6.65. The molecule has 0 amide bonds. The van der Waals surface area contributed by atoms with Crippen molar-refractivity contribution < 1.29 is 4.79 Å². The SMILES string of the molecule is C=C(/C=C\C(C)=O)c1ccc2c(c1)C(C)(C)CCC2(C)C. The van der Waals surface area contributed by atoms with E-state index in [0.29, 0.717) is 0 Å². The molecule has 1 aliphatic carbocycles. The standard InChI is InChI=1S/C20H26O/c1-14(7-8-15(2)21)16-9-10-17-18(13-16)20(5,6)12-11-19(17,3)4/h7-10,13H,1,11-12H2,2-6H3/b8-7-. The van der Waals surface area contributed by atoms with Crippen LogP contribution in [0.4, 0.5) is 0 Å². The summed E-state index contributed by atoms with van der Waals surface area (Å²) in [5.41, 5.74) is 5.31. The summed E-state index contributed by atoms with van der Waals surface area (Å²) < 4.78 is 0. The van der Waals surface area contributed by atoms with E-state index in [1.807, 2.05) is 6.08 Å². The summed E-state index contributed by atoms with van der Waals surface area (Å²) in [6.45, 7) is 14.9. The van der Waals surface area contributed by atoms with E-state index in [2.05, 4.69) is 52.5 Å². The molecule has 21 heavy (non-hydrogen) atoms. The van der Waals surface area contributed by atoms with Gasteiger partial charge in [-0.15, -0.1) is 0 Å². The zero-order chi connectivity index (χ0) is 15.8. The van der Waals surface area contributed by atoms with Crippen LogP contribution in [0.3, 0.4) is 0 Å². The smallest absolute Gasteiger partial charge is 0.152 e. The van der Waals surface area contributed by atoms with Crippen molar-refractivity contribution in [2.24, 2.45) is 0 Å². The third kappa shape index (κ3) is 3.18. The van der Waals surface area contributed by atoms with Gasteiger partial charge in [0.25, 0.3) is 0 Å². The van der Waals surface area contributed by atoms with Crippen molar-refractivity contribution in [3.63, 3.8) is 0 Å². The van der Waals surface area contributed by atoms with E-state index in [-0.39, 0.29) is 16.6 Å². The average Bonchev–Trinajstić information content (AvgIpc) is 2.41. The lowest BCUT2D eigenvalue weighted by Gasteiger charge is -2.42. The first-order chi connectivity index (χ1) is 9.63. The maximum atomic E-state index is 11.1. The highest BCUT2D eigenvalue weighted by Crippen LogP contribution is 2.46. The molecule has 2 rings (SSSR count). The predicted octanol–water partition coefficient (Wildman–Crippen LogP) is 5.19. The molecule has 0 unspecified atom stereocenters. The van der Waals surface area contributed by atoms with Crippen molar-refractivity contribution >= 4 is 11.4 Å². The Labute approximate surface area is 128 Å². The maximum absolute atomic E-state index is 11.1. The van der Waals surface area contributed by atoms with E-state index in [4.69, 9.17) is 0 Å². The minimum atomic E-state index is 0.0515. The highest BCUT2D eigenvalue weighted by atomic mass is 16.1. The van der Waals surface area contributed by atoms with Gasteiger partial charge in [-0.25, -0.2) is 0 Å². The molecule has 0 heterocycles. The molecule has 112 valence electrons. The summed E-state index contributed by atoms with van der Waals surface area (Å²) in [7, 11) is 0. The summed E-state index contributed by atoms with van der Waals surface area (Å²) in [5, 5.41) is 0. The molecule has 1 aromatic carbocycles. The molecule has 0 aromatic heterocycles. The molecule has 0 spiro atoms. The number of carbonyl (C=O) groups excluding carboxylic acids is 1. The van der Waals surface area contributed by atoms with Crippen molar-refractivity contribution in [2.45, 2.75) is 58.3 Å². The Morgan fingerprint density at radius 1 is 1.05 bits per heavy atom. The van der Waals surface area contributed by atoms with Crippen LogP contribution >= 0.6 is 0 Å². The molecule has 0 saturated carbocycles. The number of fused-ring (bicyclic) bond motifs is 1. The van der Waals surface area contributed by atoms with Crippen LogP contribution in [0.1, 0.15) is 64.2 Å². The molecule has 0 atom stereocenters. The quantitative estimate of drug-likeness (QED) is 0.550. The van der Waals surface area contributed by atoms with Gasteiger partial charge in [-0.05, 0) is 58.9 Å². The first-order valence-corrected chi connectivity index (χ1v) is 7.66. The van der Waals surface area contributed by atoms with Crippen LogP contribution in [0.25, 0.3) is 5.57 Å². The number of hydrogen-bond donors (Lipinski definition) is 0. The minimum absolute atomic E-state index is 0.0515. The third-order valence-electron chi connectivity index (χ3n) is 4.74. The third-order valence-corrected chi connectivity index (χ3v) is 4.74. The van der Waals surface area contributed by atoms with Crippen LogP contribution in [0, 0.1) is 0 Å². The Morgan fingerprint density at radius 2 is 1.62 bits per heavy atom. The summed E-state index contributed by atoms with van der Waals surface area (Å²) in [6.07, 6.45) is 5.81. The monoisotopic (exact) mass is 282 g/mol. The van der Waals surface area contributed by atoms with E-state index in [9.17, 15) is 4.79 Å². The van der Waals surface area contributed by atoms with Crippen molar-refractivity contribution in [1.29, 1.82) is 0 Å². The lowest BCUT2D eigenvalue weighted by Crippen LogP contribution is -2.33. The Balaban J connectivity index is 2.47. The van der Waals surface area contributed by atoms with Gasteiger partial charge in [0, 0.05) is 0 Å². The fourth-order valence-electron chi connectivity index (χ4n) is 3.10. The Kier molecular flexibility index (Phi) is 3.97. The summed E-state index contributed by atoms with van der Waals surface area (Å²) >= 11 is 0. The average molecular weight is 282 g/mol. The van der Waals surface area contributed by atoms with Crippen LogP contribution < -0.4 is 0 Å². The van der Waals surface area contributed by atoms with Crippen LogP contribution in [-0.4, -0.2) is 5.78 Å². The van der Waals surface area contributed by atoms with Gasteiger partial charge in [0.05, 0.1) is 0 Å². The second-order valence-electron chi connectivity index (χ2n) is 7.50. The van der Waals surface area contributed by atoms with Gasteiger partial charge in [-0.1, -0.05) is 58.5 Å². The molecule has 1 aliphatic rings. The zero-order valence-electron chi connectivity index (χ0n) is 13.9. The number of benzene rings is 1. The first kappa shape index (κ1) is 15.8. The van der Waals surface area contributed by atoms with E-state index in [1.54, 1.807) is 13.0 Å². The van der Waals surface area contributed by atoms with Gasteiger partial charge in [-0.2, -0.15) is 0 Å². The highest BCUT2D eigenvalue weighted by Gasteiger charge is 2.36. The molecular formula is C20H26O. The molecule has 0 saturated heterocycles. The topological polar surface area (TPSA) is 17.1 Å². The molecule has 0 N–H and O–H groups in total. The largest absolute Gasteiger partial charge is 0.295 e.